The quantitative estimate of drug-likeness (QED) is 0.663. The van der Waals surface area contributed by atoms with Gasteiger partial charge in [0.15, 0.2) is 0 Å². The van der Waals surface area contributed by atoms with Crippen LogP contribution in [0.1, 0.15) is 72.1 Å². The van der Waals surface area contributed by atoms with Crippen molar-refractivity contribution in [3.05, 3.63) is 0 Å². The summed E-state index contributed by atoms with van der Waals surface area (Å²) in [5, 5.41) is 0. The molecule has 2 N–H and O–H groups in total. The number of likely N-dealkylation sites (tertiary alicyclic amines) is 1. The average Bonchev–Trinajstić information content (AvgIpc) is 2.89. The highest BCUT2D eigenvalue weighted by molar-refractivity contribution is 6.03. The molecule has 0 spiro atoms. The first-order chi connectivity index (χ1) is 13.3. The Morgan fingerprint density at radius 3 is 2.32 bits per heavy atom. The molecular formula is C23H41N3O2+2. The highest BCUT2D eigenvalue weighted by atomic mass is 16.2. The Balaban J connectivity index is 1.25. The molecule has 2 amide bonds. The van der Waals surface area contributed by atoms with Crippen LogP contribution in [0.25, 0.3) is 0 Å². The van der Waals surface area contributed by atoms with Crippen LogP contribution >= 0.6 is 0 Å². The van der Waals surface area contributed by atoms with Crippen LogP contribution in [0.2, 0.25) is 0 Å². The number of fused-ring (bicyclic) bond motifs is 2. The van der Waals surface area contributed by atoms with E-state index in [1.54, 1.807) is 9.80 Å². The average molecular weight is 392 g/mol. The van der Waals surface area contributed by atoms with Crippen LogP contribution in [0.15, 0.2) is 0 Å². The van der Waals surface area contributed by atoms with Crippen molar-refractivity contribution in [3.8, 4) is 0 Å². The zero-order valence-electron chi connectivity index (χ0n) is 18.3. The maximum Gasteiger partial charge on any atom is 0.235 e. The lowest BCUT2D eigenvalue weighted by Crippen LogP contribution is -3.29. The lowest BCUT2D eigenvalue weighted by molar-refractivity contribution is -1.02. The number of piperidine rings is 1. The number of nitrogens with one attached hydrogen (secondary N) is 2. The summed E-state index contributed by atoms with van der Waals surface area (Å²) in [4.78, 5) is 31.2. The molecule has 2 bridgehead atoms. The predicted molar refractivity (Wildman–Crippen MR) is 109 cm³/mol. The topological polar surface area (TPSA) is 46.3 Å². The van der Waals surface area contributed by atoms with Crippen LogP contribution in [0, 0.1) is 16.7 Å². The molecule has 4 rings (SSSR count). The van der Waals surface area contributed by atoms with E-state index < -0.39 is 0 Å². The van der Waals surface area contributed by atoms with Crippen LogP contribution in [0.3, 0.4) is 0 Å². The van der Waals surface area contributed by atoms with Gasteiger partial charge >= 0.3 is 0 Å². The lowest BCUT2D eigenvalue weighted by atomic mass is 9.62. The van der Waals surface area contributed by atoms with Gasteiger partial charge in [-0.3, -0.25) is 14.5 Å². The number of carbonyl (C=O) groups excluding carboxylic acids is 2. The molecule has 2 aliphatic carbocycles. The summed E-state index contributed by atoms with van der Waals surface area (Å²) in [7, 11) is 0. The summed E-state index contributed by atoms with van der Waals surface area (Å²) < 4.78 is 0. The van der Waals surface area contributed by atoms with Gasteiger partial charge in [0.1, 0.15) is 26.2 Å². The molecule has 2 atom stereocenters. The van der Waals surface area contributed by atoms with E-state index in [2.05, 4.69) is 20.8 Å². The van der Waals surface area contributed by atoms with Gasteiger partial charge in [0.25, 0.3) is 0 Å². The fraction of sp³-hybridized carbons (Fsp3) is 0.913. The van der Waals surface area contributed by atoms with Crippen LogP contribution in [-0.2, 0) is 9.59 Å². The Bertz CT molecular complexity index is 605. The van der Waals surface area contributed by atoms with Crippen molar-refractivity contribution >= 4 is 11.8 Å². The first-order valence-electron chi connectivity index (χ1n) is 11.9. The molecule has 28 heavy (non-hydrogen) atoms. The molecule has 4 fully saturated rings. The Morgan fingerprint density at radius 2 is 1.64 bits per heavy atom. The largest absolute Gasteiger partial charge is 0.326 e. The van der Waals surface area contributed by atoms with E-state index in [0.717, 1.165) is 31.8 Å². The summed E-state index contributed by atoms with van der Waals surface area (Å²) in [5.41, 5.74) is -0.547. The number of hydrogen-bond acceptors (Lipinski definition) is 2. The molecular weight excluding hydrogens is 350 g/mol. The monoisotopic (exact) mass is 391 g/mol. The molecule has 0 aromatic rings. The third kappa shape index (κ3) is 3.32. The van der Waals surface area contributed by atoms with E-state index in [-0.39, 0.29) is 28.6 Å². The molecule has 0 unspecified atom stereocenters. The number of amides is 2. The smallest absolute Gasteiger partial charge is 0.235 e. The molecule has 0 aromatic heterocycles. The molecule has 4 aliphatic rings. The van der Waals surface area contributed by atoms with Gasteiger partial charge in [-0.2, -0.15) is 0 Å². The predicted octanol–water partition coefficient (Wildman–Crippen LogP) is 0.304. The minimum atomic E-state index is -0.354. The van der Waals surface area contributed by atoms with Gasteiger partial charge in [0.05, 0.1) is 18.0 Å². The Labute approximate surface area is 170 Å². The first kappa shape index (κ1) is 20.3. The highest BCUT2D eigenvalue weighted by Gasteiger charge is 2.64. The summed E-state index contributed by atoms with van der Waals surface area (Å²) in [6, 6.07) is 0.915. The van der Waals surface area contributed by atoms with Crippen molar-refractivity contribution in [3.63, 3.8) is 0 Å². The third-order valence-corrected chi connectivity index (χ3v) is 9.20. The van der Waals surface area contributed by atoms with Crippen LogP contribution in [0.5, 0.6) is 0 Å². The molecule has 0 aromatic carbocycles. The maximum atomic E-state index is 13.1. The SMILES string of the molecule is CC1(C)[C@H]2CC[C@]1(C)C(=O)N(CCC[NH+]1CC[NH+](C3CCCCC3)CC1)C2=O. The molecule has 5 heteroatoms. The van der Waals surface area contributed by atoms with E-state index in [4.69, 9.17) is 0 Å². The normalized spacial score (nSPS) is 38.8. The highest BCUT2D eigenvalue weighted by Crippen LogP contribution is 2.59. The number of imide groups is 1. The second-order valence-electron chi connectivity index (χ2n) is 10.8. The van der Waals surface area contributed by atoms with E-state index >= 15 is 0 Å². The van der Waals surface area contributed by atoms with Crippen molar-refractivity contribution in [2.45, 2.75) is 78.2 Å². The number of hydrogen-bond donors (Lipinski definition) is 2. The van der Waals surface area contributed by atoms with Crippen molar-refractivity contribution in [2.24, 2.45) is 16.7 Å². The van der Waals surface area contributed by atoms with E-state index in [1.807, 2.05) is 4.90 Å². The molecule has 0 radical (unpaired) electrons. The van der Waals surface area contributed by atoms with Gasteiger partial charge in [0.2, 0.25) is 11.8 Å². The van der Waals surface area contributed by atoms with Gasteiger partial charge in [-0.05, 0) is 43.9 Å². The van der Waals surface area contributed by atoms with Crippen LogP contribution < -0.4 is 9.80 Å². The first-order valence-corrected chi connectivity index (χ1v) is 11.9. The van der Waals surface area contributed by atoms with Gasteiger partial charge < -0.3 is 9.80 Å². The fourth-order valence-corrected chi connectivity index (χ4v) is 6.69. The zero-order valence-corrected chi connectivity index (χ0v) is 18.3. The Morgan fingerprint density at radius 1 is 0.964 bits per heavy atom. The van der Waals surface area contributed by atoms with E-state index in [1.165, 1.54) is 58.3 Å². The van der Waals surface area contributed by atoms with E-state index in [9.17, 15) is 9.59 Å². The van der Waals surface area contributed by atoms with Crippen molar-refractivity contribution in [2.75, 3.05) is 39.3 Å². The second-order valence-corrected chi connectivity index (χ2v) is 10.8. The van der Waals surface area contributed by atoms with Crippen molar-refractivity contribution in [1.82, 2.24) is 4.90 Å². The molecule has 2 saturated heterocycles. The minimum Gasteiger partial charge on any atom is -0.326 e. The number of nitrogens with zero attached hydrogens (tertiary/aromatic N) is 1. The van der Waals surface area contributed by atoms with Gasteiger partial charge in [-0.25, -0.2) is 0 Å². The number of quaternary nitrogens is 2. The Hall–Kier alpha value is -0.940. The van der Waals surface area contributed by atoms with Crippen LogP contribution in [-0.4, -0.2) is 62.0 Å². The van der Waals surface area contributed by atoms with E-state index in [0.29, 0.717) is 6.54 Å². The summed E-state index contributed by atoms with van der Waals surface area (Å²) in [6.07, 6.45) is 9.85. The van der Waals surface area contributed by atoms with Crippen molar-refractivity contribution in [1.29, 1.82) is 0 Å². The van der Waals surface area contributed by atoms with Gasteiger partial charge in [0, 0.05) is 18.9 Å². The van der Waals surface area contributed by atoms with Gasteiger partial charge in [-0.15, -0.1) is 0 Å². The molecule has 2 saturated carbocycles. The number of rotatable bonds is 5. The molecule has 2 heterocycles. The van der Waals surface area contributed by atoms with Crippen LogP contribution in [0.4, 0.5) is 0 Å². The van der Waals surface area contributed by atoms with Gasteiger partial charge in [-0.1, -0.05) is 27.2 Å². The standard InChI is InChI=1S/C23H39N3O2/c1-22(2)19-10-11-23(22,3)21(28)26(20(19)27)13-7-12-24-14-16-25(17-15-24)18-8-5-4-6-9-18/h18-19H,4-17H2,1-3H3/p+2/t19-,23+/m0/s1. The van der Waals surface area contributed by atoms with Crippen molar-refractivity contribution < 1.29 is 19.4 Å². The number of carbonyl (C=O) groups is 2. The Kier molecular flexibility index (Phi) is 5.60. The minimum absolute atomic E-state index is 0.0326. The molecule has 158 valence electrons. The zero-order chi connectivity index (χ0) is 19.9. The maximum absolute atomic E-state index is 13.1. The second kappa shape index (κ2) is 7.71. The summed E-state index contributed by atoms with van der Waals surface area (Å²) >= 11 is 0. The third-order valence-electron chi connectivity index (χ3n) is 9.20. The summed E-state index contributed by atoms with van der Waals surface area (Å²) in [6.45, 7) is 13.2. The fourth-order valence-electron chi connectivity index (χ4n) is 6.69. The molecule has 2 aliphatic heterocycles. The lowest BCUT2D eigenvalue weighted by Gasteiger charge is -2.47. The summed E-state index contributed by atoms with van der Waals surface area (Å²) in [5.74, 6) is 0.231. The number of piperazine rings is 1. The molecule has 5 nitrogen and oxygen atoms in total.